The van der Waals surface area contributed by atoms with Gasteiger partial charge in [0.25, 0.3) is 0 Å². The minimum atomic E-state index is -0.750. The Morgan fingerprint density at radius 2 is 1.72 bits per heavy atom. The van der Waals surface area contributed by atoms with Crippen LogP contribution in [0.4, 0.5) is 14.5 Å². The van der Waals surface area contributed by atoms with Gasteiger partial charge in [-0.15, -0.1) is 0 Å². The van der Waals surface area contributed by atoms with Crippen molar-refractivity contribution in [2.75, 3.05) is 5.32 Å². The van der Waals surface area contributed by atoms with Gasteiger partial charge in [0.15, 0.2) is 0 Å². The lowest BCUT2D eigenvalue weighted by molar-refractivity contribution is -0.118. The molecule has 1 N–H and O–H groups in total. The Labute approximate surface area is 105 Å². The van der Waals surface area contributed by atoms with E-state index >= 15 is 0 Å². The Morgan fingerprint density at radius 3 is 2.17 bits per heavy atom. The zero-order valence-electron chi connectivity index (χ0n) is 11.0. The Bertz CT molecular complexity index is 495. The predicted molar refractivity (Wildman–Crippen MR) is 66.0 cm³/mol. The van der Waals surface area contributed by atoms with E-state index in [1.165, 1.54) is 6.07 Å². The van der Waals surface area contributed by atoms with Crippen LogP contribution < -0.4 is 5.32 Å². The first-order valence-electron chi connectivity index (χ1n) is 5.94. The van der Waals surface area contributed by atoms with Gasteiger partial charge in [-0.05, 0) is 23.0 Å². The van der Waals surface area contributed by atoms with Gasteiger partial charge >= 0.3 is 0 Å². The Morgan fingerprint density at radius 1 is 1.17 bits per heavy atom. The molecule has 0 radical (unpaired) electrons. The molecule has 1 fully saturated rings. The molecular formula is C14H17F2NO. The van der Waals surface area contributed by atoms with Crippen LogP contribution in [0.3, 0.4) is 0 Å². The van der Waals surface area contributed by atoms with Crippen molar-refractivity contribution in [3.8, 4) is 0 Å². The van der Waals surface area contributed by atoms with Crippen molar-refractivity contribution in [1.29, 1.82) is 0 Å². The van der Waals surface area contributed by atoms with Gasteiger partial charge < -0.3 is 5.32 Å². The number of carbonyl (C=O) groups is 1. The first-order chi connectivity index (χ1) is 8.18. The quantitative estimate of drug-likeness (QED) is 0.857. The van der Waals surface area contributed by atoms with Crippen molar-refractivity contribution >= 4 is 11.6 Å². The molecule has 2 nitrogen and oxygen atoms in total. The van der Waals surface area contributed by atoms with Crippen molar-refractivity contribution in [2.45, 2.75) is 27.7 Å². The maximum atomic E-state index is 13.4. The van der Waals surface area contributed by atoms with Crippen LogP contribution in [-0.2, 0) is 4.79 Å². The van der Waals surface area contributed by atoms with Crippen molar-refractivity contribution in [3.63, 3.8) is 0 Å². The van der Waals surface area contributed by atoms with E-state index in [2.05, 4.69) is 5.32 Å². The van der Waals surface area contributed by atoms with Gasteiger partial charge in [0.2, 0.25) is 5.91 Å². The summed E-state index contributed by atoms with van der Waals surface area (Å²) in [6, 6.07) is 3.13. The minimum Gasteiger partial charge on any atom is -0.323 e. The molecule has 1 aliphatic carbocycles. The summed E-state index contributed by atoms with van der Waals surface area (Å²) in [5.74, 6) is -1.78. The number of rotatable bonds is 2. The van der Waals surface area contributed by atoms with Crippen LogP contribution in [-0.4, -0.2) is 5.91 Å². The fourth-order valence-electron chi connectivity index (χ4n) is 2.65. The van der Waals surface area contributed by atoms with Gasteiger partial charge in [-0.2, -0.15) is 0 Å². The van der Waals surface area contributed by atoms with Gasteiger partial charge in [0, 0.05) is 12.0 Å². The molecular weight excluding hydrogens is 236 g/mol. The van der Waals surface area contributed by atoms with Crippen LogP contribution in [0.25, 0.3) is 0 Å². The first kappa shape index (κ1) is 13.0. The third-order valence-corrected chi connectivity index (χ3v) is 4.47. The molecule has 0 spiro atoms. The van der Waals surface area contributed by atoms with Crippen molar-refractivity contribution < 1.29 is 13.6 Å². The van der Waals surface area contributed by atoms with E-state index in [9.17, 15) is 13.6 Å². The maximum absolute atomic E-state index is 13.4. The molecule has 1 aromatic rings. The van der Waals surface area contributed by atoms with Gasteiger partial charge in [0.1, 0.15) is 11.6 Å². The van der Waals surface area contributed by atoms with Crippen LogP contribution in [0.5, 0.6) is 0 Å². The lowest BCUT2D eigenvalue weighted by Crippen LogP contribution is -2.18. The molecule has 98 valence electrons. The summed E-state index contributed by atoms with van der Waals surface area (Å²) >= 11 is 0. The van der Waals surface area contributed by atoms with Crippen LogP contribution in [0.2, 0.25) is 0 Å². The molecule has 0 saturated heterocycles. The Balaban J connectivity index is 2.14. The second-order valence-electron chi connectivity index (χ2n) is 5.99. The Hall–Kier alpha value is -1.45. The fraction of sp³-hybridized carbons (Fsp3) is 0.500. The second kappa shape index (κ2) is 3.77. The highest BCUT2D eigenvalue weighted by Gasteiger charge is 2.68. The zero-order chi connectivity index (χ0) is 13.7. The standard InChI is InChI=1S/C14H17F2NO/c1-13(2)11(14(13,3)4)12(18)17-10-6-5-8(15)7-9(10)16/h5-7,11H,1-4H3,(H,17,18). The van der Waals surface area contributed by atoms with E-state index in [1.54, 1.807) is 0 Å². The molecule has 18 heavy (non-hydrogen) atoms. The number of nitrogens with one attached hydrogen (secondary N) is 1. The molecule has 1 aliphatic rings. The van der Waals surface area contributed by atoms with E-state index in [-0.39, 0.29) is 28.3 Å². The van der Waals surface area contributed by atoms with Crippen molar-refractivity contribution in [2.24, 2.45) is 16.7 Å². The summed E-state index contributed by atoms with van der Waals surface area (Å²) in [5, 5.41) is 2.53. The summed E-state index contributed by atoms with van der Waals surface area (Å²) < 4.78 is 26.2. The summed E-state index contributed by atoms with van der Waals surface area (Å²) in [6.45, 7) is 8.05. The average molecular weight is 253 g/mol. The third-order valence-electron chi connectivity index (χ3n) is 4.47. The van der Waals surface area contributed by atoms with Gasteiger partial charge in [-0.25, -0.2) is 8.78 Å². The van der Waals surface area contributed by atoms with E-state index in [0.717, 1.165) is 12.1 Å². The van der Waals surface area contributed by atoms with Crippen LogP contribution in [0.15, 0.2) is 18.2 Å². The smallest absolute Gasteiger partial charge is 0.228 e. The average Bonchev–Trinajstić information content (AvgIpc) is 2.62. The Kier molecular flexibility index (Phi) is 2.72. The number of carbonyl (C=O) groups excluding carboxylic acids is 1. The summed E-state index contributed by atoms with van der Waals surface area (Å²) in [5.41, 5.74) is -0.179. The first-order valence-corrected chi connectivity index (χ1v) is 5.94. The lowest BCUT2D eigenvalue weighted by Gasteiger charge is -2.07. The maximum Gasteiger partial charge on any atom is 0.228 e. The van der Waals surface area contributed by atoms with E-state index in [1.807, 2.05) is 27.7 Å². The molecule has 1 saturated carbocycles. The molecule has 0 bridgehead atoms. The molecule has 1 amide bonds. The number of halogens is 2. The number of benzene rings is 1. The van der Waals surface area contributed by atoms with E-state index in [4.69, 9.17) is 0 Å². The molecule has 2 rings (SSSR count). The number of anilines is 1. The molecule has 0 aliphatic heterocycles. The highest BCUT2D eigenvalue weighted by Crippen LogP contribution is 2.68. The third kappa shape index (κ3) is 1.80. The number of hydrogen-bond donors (Lipinski definition) is 1. The van der Waals surface area contributed by atoms with Crippen molar-refractivity contribution in [1.82, 2.24) is 0 Å². The summed E-state index contributed by atoms with van der Waals surface area (Å²) in [7, 11) is 0. The largest absolute Gasteiger partial charge is 0.323 e. The van der Waals surface area contributed by atoms with E-state index in [0.29, 0.717) is 0 Å². The highest BCUT2D eigenvalue weighted by atomic mass is 19.1. The predicted octanol–water partition coefficient (Wildman–Crippen LogP) is 3.59. The van der Waals surface area contributed by atoms with E-state index < -0.39 is 11.6 Å². The molecule has 4 heteroatoms. The van der Waals surface area contributed by atoms with Crippen LogP contribution in [0.1, 0.15) is 27.7 Å². The van der Waals surface area contributed by atoms with Gasteiger partial charge in [-0.1, -0.05) is 27.7 Å². The molecule has 0 atom stereocenters. The normalized spacial score (nSPS) is 20.6. The topological polar surface area (TPSA) is 29.1 Å². The van der Waals surface area contributed by atoms with Crippen LogP contribution in [0, 0.1) is 28.4 Å². The lowest BCUT2D eigenvalue weighted by atomic mass is 10.0. The SMILES string of the molecule is CC1(C)C(C(=O)Nc2ccc(F)cc2F)C1(C)C. The number of hydrogen-bond acceptors (Lipinski definition) is 1. The zero-order valence-corrected chi connectivity index (χ0v) is 11.0. The second-order valence-corrected chi connectivity index (χ2v) is 5.99. The van der Waals surface area contributed by atoms with Crippen molar-refractivity contribution in [3.05, 3.63) is 29.8 Å². The minimum absolute atomic E-state index is 0.0277. The summed E-state index contributed by atoms with van der Waals surface area (Å²) in [4.78, 5) is 12.1. The fourth-order valence-corrected chi connectivity index (χ4v) is 2.65. The van der Waals surface area contributed by atoms with Gasteiger partial charge in [0.05, 0.1) is 5.69 Å². The molecule has 0 heterocycles. The molecule has 1 aromatic carbocycles. The van der Waals surface area contributed by atoms with Crippen LogP contribution >= 0.6 is 0 Å². The highest BCUT2D eigenvalue weighted by molar-refractivity contribution is 5.96. The summed E-state index contributed by atoms with van der Waals surface area (Å²) in [6.07, 6.45) is 0. The monoisotopic (exact) mass is 253 g/mol. The molecule has 0 aromatic heterocycles. The number of amides is 1. The van der Waals surface area contributed by atoms with Gasteiger partial charge in [-0.3, -0.25) is 4.79 Å². The molecule has 0 unspecified atom stereocenters.